The van der Waals surface area contributed by atoms with E-state index in [-0.39, 0.29) is 23.7 Å². The third-order valence-electron chi connectivity index (χ3n) is 6.65. The molecule has 3 fully saturated rings. The molecule has 0 radical (unpaired) electrons. The van der Waals surface area contributed by atoms with Crippen molar-refractivity contribution in [3.63, 3.8) is 0 Å². The average Bonchev–Trinajstić information content (AvgIpc) is 3.53. The zero-order valence-electron chi connectivity index (χ0n) is 17.0. The van der Waals surface area contributed by atoms with E-state index in [2.05, 4.69) is 29.3 Å². The van der Waals surface area contributed by atoms with E-state index in [0.717, 1.165) is 50.6 Å². The van der Waals surface area contributed by atoms with Gasteiger partial charge in [-0.1, -0.05) is 19.8 Å². The van der Waals surface area contributed by atoms with Gasteiger partial charge in [0.25, 0.3) is 0 Å². The molecule has 2 saturated heterocycles. The maximum Gasteiger partial charge on any atom is 0.228 e. The van der Waals surface area contributed by atoms with E-state index in [1.54, 1.807) is 0 Å². The van der Waals surface area contributed by atoms with Gasteiger partial charge in [-0.15, -0.1) is 0 Å². The van der Waals surface area contributed by atoms with Gasteiger partial charge < -0.3 is 15.1 Å². The Morgan fingerprint density at radius 3 is 2.18 bits per heavy atom. The Balaban J connectivity index is 1.28. The number of benzene rings is 1. The Morgan fingerprint density at radius 1 is 0.893 bits per heavy atom. The molecule has 1 aromatic carbocycles. The maximum absolute atomic E-state index is 12.7. The van der Waals surface area contributed by atoms with Crippen molar-refractivity contribution in [2.45, 2.75) is 51.9 Å². The molecular formula is C23H33N3O2. The van der Waals surface area contributed by atoms with Crippen LogP contribution >= 0.6 is 0 Å². The minimum Gasteiger partial charge on any atom is -0.372 e. The molecule has 3 aliphatic rings. The van der Waals surface area contributed by atoms with Gasteiger partial charge in [0.2, 0.25) is 11.8 Å². The number of amides is 2. The van der Waals surface area contributed by atoms with Gasteiger partial charge in [-0.3, -0.25) is 9.59 Å². The van der Waals surface area contributed by atoms with Gasteiger partial charge >= 0.3 is 0 Å². The topological polar surface area (TPSA) is 52.7 Å². The summed E-state index contributed by atoms with van der Waals surface area (Å²) >= 11 is 0. The first kappa shape index (κ1) is 19.3. The highest BCUT2D eigenvalue weighted by Crippen LogP contribution is 2.41. The molecule has 2 amide bonds. The Kier molecular flexibility index (Phi) is 5.88. The second kappa shape index (κ2) is 8.54. The quantitative estimate of drug-likeness (QED) is 0.858. The van der Waals surface area contributed by atoms with Gasteiger partial charge in [0.15, 0.2) is 0 Å². The van der Waals surface area contributed by atoms with Crippen LogP contribution in [0.25, 0.3) is 0 Å². The van der Waals surface area contributed by atoms with Crippen LogP contribution < -0.4 is 10.2 Å². The van der Waals surface area contributed by atoms with Crippen molar-refractivity contribution >= 4 is 23.2 Å². The number of carbonyl (C=O) groups is 2. The first-order valence-electron chi connectivity index (χ1n) is 11.1. The normalized spacial score (nSPS) is 25.9. The third kappa shape index (κ3) is 4.50. The fourth-order valence-corrected chi connectivity index (χ4v) is 4.54. The van der Waals surface area contributed by atoms with Gasteiger partial charge in [-0.2, -0.15) is 0 Å². The van der Waals surface area contributed by atoms with Crippen molar-refractivity contribution in [1.29, 1.82) is 0 Å². The number of hydrogen-bond acceptors (Lipinski definition) is 3. The molecule has 0 bridgehead atoms. The predicted molar refractivity (Wildman–Crippen MR) is 112 cm³/mol. The lowest BCUT2D eigenvalue weighted by atomic mass is 9.99. The lowest BCUT2D eigenvalue weighted by Gasteiger charge is -2.32. The highest BCUT2D eigenvalue weighted by atomic mass is 16.2. The Morgan fingerprint density at radius 2 is 1.54 bits per heavy atom. The van der Waals surface area contributed by atoms with E-state index in [1.807, 2.05) is 17.0 Å². The van der Waals surface area contributed by atoms with Gasteiger partial charge in [0.1, 0.15) is 0 Å². The van der Waals surface area contributed by atoms with Crippen molar-refractivity contribution in [2.24, 2.45) is 17.8 Å². The lowest BCUT2D eigenvalue weighted by Crippen LogP contribution is -2.34. The summed E-state index contributed by atoms with van der Waals surface area (Å²) in [7, 11) is 0. The summed E-state index contributed by atoms with van der Waals surface area (Å²) in [6.07, 6.45) is 7.80. The summed E-state index contributed by atoms with van der Waals surface area (Å²) in [5, 5.41) is 3.01. The molecule has 1 aromatic rings. The van der Waals surface area contributed by atoms with E-state index in [4.69, 9.17) is 0 Å². The number of nitrogens with one attached hydrogen (secondary N) is 1. The highest BCUT2D eigenvalue weighted by Gasteiger charge is 2.49. The van der Waals surface area contributed by atoms with Crippen LogP contribution in [0.1, 0.15) is 51.9 Å². The third-order valence-corrected chi connectivity index (χ3v) is 6.65. The minimum absolute atomic E-state index is 0.00674. The van der Waals surface area contributed by atoms with Gasteiger partial charge in [-0.25, -0.2) is 0 Å². The van der Waals surface area contributed by atoms with Crippen LogP contribution in [0.2, 0.25) is 0 Å². The van der Waals surface area contributed by atoms with Crippen LogP contribution in [0.5, 0.6) is 0 Å². The molecule has 0 aromatic heterocycles. The summed E-state index contributed by atoms with van der Waals surface area (Å²) in [6, 6.07) is 8.16. The van der Waals surface area contributed by atoms with Crippen LogP contribution in [0.15, 0.2) is 24.3 Å². The second-order valence-corrected chi connectivity index (χ2v) is 8.89. The fourth-order valence-electron chi connectivity index (χ4n) is 4.54. The molecule has 5 nitrogen and oxygen atoms in total. The number of anilines is 2. The van der Waals surface area contributed by atoms with E-state index in [1.165, 1.54) is 31.4 Å². The van der Waals surface area contributed by atoms with Gasteiger partial charge in [-0.05, 0) is 62.3 Å². The van der Waals surface area contributed by atoms with Crippen molar-refractivity contribution in [1.82, 2.24) is 4.90 Å². The summed E-state index contributed by atoms with van der Waals surface area (Å²) in [5.74, 6) is 0.745. The van der Waals surface area contributed by atoms with E-state index in [9.17, 15) is 9.59 Å². The van der Waals surface area contributed by atoms with Crippen molar-refractivity contribution in [2.75, 3.05) is 36.4 Å². The van der Waals surface area contributed by atoms with E-state index < -0.39 is 0 Å². The number of likely N-dealkylation sites (tertiary alicyclic amines) is 1. The minimum atomic E-state index is -0.154. The molecule has 0 spiro atoms. The first-order valence-corrected chi connectivity index (χ1v) is 11.1. The number of piperidine rings is 1. The molecule has 1 N–H and O–H groups in total. The molecule has 2 unspecified atom stereocenters. The van der Waals surface area contributed by atoms with Crippen molar-refractivity contribution in [3.05, 3.63) is 24.3 Å². The highest BCUT2D eigenvalue weighted by molar-refractivity contribution is 5.99. The molecule has 152 valence electrons. The fraction of sp³-hybridized carbons (Fsp3) is 0.652. The number of carbonyl (C=O) groups excluding carboxylic acids is 2. The Hall–Kier alpha value is -2.04. The van der Waals surface area contributed by atoms with Crippen molar-refractivity contribution < 1.29 is 9.59 Å². The molecule has 2 aliphatic heterocycles. The smallest absolute Gasteiger partial charge is 0.228 e. The summed E-state index contributed by atoms with van der Waals surface area (Å²) in [6.45, 7) is 6.25. The van der Waals surface area contributed by atoms with Gasteiger partial charge in [0.05, 0.1) is 11.8 Å². The number of hydrogen-bond donors (Lipinski definition) is 1. The molecule has 1 saturated carbocycles. The van der Waals surface area contributed by atoms with Crippen LogP contribution in [-0.4, -0.2) is 42.9 Å². The van der Waals surface area contributed by atoms with E-state index >= 15 is 0 Å². The maximum atomic E-state index is 12.7. The molecule has 5 heteroatoms. The zero-order valence-corrected chi connectivity index (χ0v) is 17.0. The molecule has 2 heterocycles. The molecular weight excluding hydrogens is 350 g/mol. The standard InChI is InChI=1S/C23H33N3O2/c1-17-10-14-25(15-11-17)19-8-6-18(7-9-19)24-22(27)20-16-21(20)23(28)26-12-4-2-3-5-13-26/h6-9,17,20-21H,2-5,10-16H2,1H3,(H,24,27). The van der Waals surface area contributed by atoms with Crippen molar-refractivity contribution in [3.8, 4) is 0 Å². The Labute approximate surface area is 168 Å². The van der Waals surface area contributed by atoms with Crippen LogP contribution in [0.4, 0.5) is 11.4 Å². The molecule has 28 heavy (non-hydrogen) atoms. The molecule has 1 aliphatic carbocycles. The van der Waals surface area contributed by atoms with Gasteiger partial charge in [0, 0.05) is 37.6 Å². The first-order chi connectivity index (χ1) is 13.6. The average molecular weight is 384 g/mol. The van der Waals surface area contributed by atoms with E-state index in [0.29, 0.717) is 6.42 Å². The largest absolute Gasteiger partial charge is 0.372 e. The predicted octanol–water partition coefficient (Wildman–Crippen LogP) is 3.90. The number of nitrogens with zero attached hydrogens (tertiary/aromatic N) is 2. The second-order valence-electron chi connectivity index (χ2n) is 8.89. The summed E-state index contributed by atoms with van der Waals surface area (Å²) in [4.78, 5) is 29.6. The SMILES string of the molecule is CC1CCN(c2ccc(NC(=O)C3CC3C(=O)N3CCCCCC3)cc2)CC1. The summed E-state index contributed by atoms with van der Waals surface area (Å²) < 4.78 is 0. The van der Waals surface area contributed by atoms with Crippen LogP contribution in [-0.2, 0) is 9.59 Å². The Bertz CT molecular complexity index is 686. The summed E-state index contributed by atoms with van der Waals surface area (Å²) in [5.41, 5.74) is 2.05. The monoisotopic (exact) mass is 383 g/mol. The van der Waals surface area contributed by atoms with Crippen LogP contribution in [0, 0.1) is 17.8 Å². The zero-order chi connectivity index (χ0) is 19.5. The molecule has 2 atom stereocenters. The van der Waals surface area contributed by atoms with Crippen LogP contribution in [0.3, 0.4) is 0 Å². The molecule has 4 rings (SSSR count). The lowest BCUT2D eigenvalue weighted by molar-refractivity contribution is -0.134. The number of rotatable bonds is 4.